The van der Waals surface area contributed by atoms with Crippen LogP contribution in [0.1, 0.15) is 32.1 Å². The fourth-order valence-corrected chi connectivity index (χ4v) is 5.72. The van der Waals surface area contributed by atoms with Gasteiger partial charge in [-0.25, -0.2) is 13.4 Å². The molecule has 3 atom stereocenters. The number of benzene rings is 1. The Labute approximate surface area is 163 Å². The number of amides is 1. The summed E-state index contributed by atoms with van der Waals surface area (Å²) in [5.41, 5.74) is 2.15. The van der Waals surface area contributed by atoms with Crippen molar-refractivity contribution in [1.29, 1.82) is 0 Å². The number of nitrogens with zero attached hydrogens (tertiary/aromatic N) is 1. The second kappa shape index (κ2) is 7.24. The van der Waals surface area contributed by atoms with Crippen molar-refractivity contribution < 1.29 is 13.2 Å². The molecule has 144 valence electrons. The van der Waals surface area contributed by atoms with Crippen LogP contribution >= 0.6 is 11.3 Å². The minimum atomic E-state index is -3.29. The van der Waals surface area contributed by atoms with Crippen LogP contribution in [0.2, 0.25) is 0 Å². The number of aromatic nitrogens is 1. The first kappa shape index (κ1) is 18.4. The van der Waals surface area contributed by atoms with Crippen LogP contribution in [0.25, 0.3) is 11.3 Å². The van der Waals surface area contributed by atoms with E-state index in [2.05, 4.69) is 15.0 Å². The van der Waals surface area contributed by atoms with Gasteiger partial charge in [0.2, 0.25) is 15.9 Å². The summed E-state index contributed by atoms with van der Waals surface area (Å²) in [6.07, 6.45) is 6.86. The fourth-order valence-electron chi connectivity index (χ4n) is 4.42. The standard InChI is InChI=1S/C19H23N3O3S2/c1-27(24,25)22-16-6-4-13(5-7-16)17-11-26-19(20-17)21-18(23)10-15-9-12-2-3-14(15)8-12/h4-7,11-12,14-15,22H,2-3,8-10H2,1H3,(H,20,21,23)/t12-,14-,15-/m0/s1. The van der Waals surface area contributed by atoms with Crippen molar-refractivity contribution in [2.45, 2.75) is 32.1 Å². The number of thiazole rings is 1. The summed E-state index contributed by atoms with van der Waals surface area (Å²) in [7, 11) is -3.29. The summed E-state index contributed by atoms with van der Waals surface area (Å²) >= 11 is 1.41. The van der Waals surface area contributed by atoms with Crippen LogP contribution in [0.4, 0.5) is 10.8 Å². The molecule has 2 aromatic rings. The van der Waals surface area contributed by atoms with Crippen LogP contribution in [0, 0.1) is 17.8 Å². The fraction of sp³-hybridized carbons (Fsp3) is 0.474. The summed E-state index contributed by atoms with van der Waals surface area (Å²) in [4.78, 5) is 16.9. The topological polar surface area (TPSA) is 88.2 Å². The summed E-state index contributed by atoms with van der Waals surface area (Å²) in [6, 6.07) is 7.01. The van der Waals surface area contributed by atoms with E-state index in [9.17, 15) is 13.2 Å². The van der Waals surface area contributed by atoms with E-state index in [0.717, 1.165) is 29.3 Å². The Hall–Kier alpha value is -1.93. The van der Waals surface area contributed by atoms with E-state index in [1.54, 1.807) is 12.1 Å². The molecular formula is C19H23N3O3S2. The Balaban J connectivity index is 1.36. The molecule has 27 heavy (non-hydrogen) atoms. The number of hydrogen-bond donors (Lipinski definition) is 2. The monoisotopic (exact) mass is 405 g/mol. The summed E-state index contributed by atoms with van der Waals surface area (Å²) in [5.74, 6) is 2.19. The third-order valence-corrected chi connectivity index (χ3v) is 6.93. The van der Waals surface area contributed by atoms with E-state index in [-0.39, 0.29) is 5.91 Å². The zero-order valence-corrected chi connectivity index (χ0v) is 16.8. The smallest absolute Gasteiger partial charge is 0.229 e. The second-order valence-corrected chi connectivity index (χ2v) is 10.3. The Morgan fingerprint density at radius 1 is 1.22 bits per heavy atom. The first-order chi connectivity index (χ1) is 12.9. The lowest BCUT2D eigenvalue weighted by molar-refractivity contribution is -0.117. The largest absolute Gasteiger partial charge is 0.302 e. The average molecular weight is 406 g/mol. The van der Waals surface area contributed by atoms with Crippen LogP contribution in [0.3, 0.4) is 0 Å². The highest BCUT2D eigenvalue weighted by Crippen LogP contribution is 2.49. The SMILES string of the molecule is CS(=O)(=O)Nc1ccc(-c2csc(NC(=O)C[C@@H]3C[C@H]4CC[C@H]3C4)n2)cc1. The zero-order valence-electron chi connectivity index (χ0n) is 15.1. The molecule has 2 aliphatic rings. The van der Waals surface area contributed by atoms with Crippen molar-refractivity contribution in [2.24, 2.45) is 17.8 Å². The minimum Gasteiger partial charge on any atom is -0.302 e. The molecule has 0 spiro atoms. The molecule has 0 radical (unpaired) electrons. The highest BCUT2D eigenvalue weighted by molar-refractivity contribution is 7.92. The van der Waals surface area contributed by atoms with Crippen LogP contribution in [0.15, 0.2) is 29.6 Å². The number of rotatable bonds is 6. The van der Waals surface area contributed by atoms with Gasteiger partial charge in [0, 0.05) is 23.1 Å². The van der Waals surface area contributed by atoms with Crippen molar-refractivity contribution in [1.82, 2.24) is 4.98 Å². The van der Waals surface area contributed by atoms with E-state index >= 15 is 0 Å². The van der Waals surface area contributed by atoms with Gasteiger partial charge in [-0.1, -0.05) is 18.6 Å². The molecule has 2 aliphatic carbocycles. The molecule has 1 aromatic heterocycles. The predicted octanol–water partition coefficient (Wildman–Crippen LogP) is 3.95. The van der Waals surface area contributed by atoms with Crippen molar-refractivity contribution in [3.63, 3.8) is 0 Å². The van der Waals surface area contributed by atoms with E-state index in [0.29, 0.717) is 23.2 Å². The lowest BCUT2D eigenvalue weighted by atomic mass is 9.86. The first-order valence-corrected chi connectivity index (χ1v) is 12.0. The summed E-state index contributed by atoms with van der Waals surface area (Å²) in [6.45, 7) is 0. The molecule has 0 aliphatic heterocycles. The summed E-state index contributed by atoms with van der Waals surface area (Å²) in [5, 5.41) is 5.44. The van der Waals surface area contributed by atoms with Crippen molar-refractivity contribution in [2.75, 3.05) is 16.3 Å². The van der Waals surface area contributed by atoms with Crippen molar-refractivity contribution >= 4 is 38.1 Å². The van der Waals surface area contributed by atoms with Gasteiger partial charge in [-0.3, -0.25) is 9.52 Å². The van der Waals surface area contributed by atoms with Gasteiger partial charge in [0.15, 0.2) is 5.13 Å². The number of nitrogens with one attached hydrogen (secondary N) is 2. The van der Waals surface area contributed by atoms with Gasteiger partial charge in [0.25, 0.3) is 0 Å². The Bertz CT molecular complexity index is 937. The van der Waals surface area contributed by atoms with Crippen LogP contribution in [-0.4, -0.2) is 25.6 Å². The molecule has 6 nitrogen and oxygen atoms in total. The highest BCUT2D eigenvalue weighted by Gasteiger charge is 2.40. The van der Waals surface area contributed by atoms with E-state index < -0.39 is 10.0 Å². The third kappa shape index (κ3) is 4.50. The number of carbonyl (C=O) groups excluding carboxylic acids is 1. The van der Waals surface area contributed by atoms with Gasteiger partial charge in [-0.05, 0) is 49.1 Å². The second-order valence-electron chi connectivity index (χ2n) is 7.68. The Kier molecular flexibility index (Phi) is 4.94. The third-order valence-electron chi connectivity index (χ3n) is 5.57. The number of carbonyl (C=O) groups is 1. The quantitative estimate of drug-likeness (QED) is 0.762. The molecule has 0 unspecified atom stereocenters. The molecule has 2 N–H and O–H groups in total. The number of hydrogen-bond acceptors (Lipinski definition) is 5. The van der Waals surface area contributed by atoms with Crippen molar-refractivity contribution in [3.8, 4) is 11.3 Å². The predicted molar refractivity (Wildman–Crippen MR) is 108 cm³/mol. The summed E-state index contributed by atoms with van der Waals surface area (Å²) < 4.78 is 25.0. The van der Waals surface area contributed by atoms with Crippen molar-refractivity contribution in [3.05, 3.63) is 29.6 Å². The maximum Gasteiger partial charge on any atom is 0.229 e. The molecule has 1 aromatic carbocycles. The van der Waals surface area contributed by atoms with Gasteiger partial charge in [0.05, 0.1) is 11.9 Å². The van der Waals surface area contributed by atoms with Gasteiger partial charge in [-0.15, -0.1) is 11.3 Å². The lowest BCUT2D eigenvalue weighted by Crippen LogP contribution is -2.20. The number of anilines is 2. The molecule has 2 bridgehead atoms. The van der Waals surface area contributed by atoms with E-state index in [4.69, 9.17) is 0 Å². The zero-order chi connectivity index (χ0) is 19.0. The average Bonchev–Trinajstić information content (AvgIpc) is 3.31. The molecule has 1 amide bonds. The van der Waals surface area contributed by atoms with Gasteiger partial charge in [0.1, 0.15) is 0 Å². The Morgan fingerprint density at radius 3 is 2.63 bits per heavy atom. The van der Waals surface area contributed by atoms with Gasteiger partial charge >= 0.3 is 0 Å². The van der Waals surface area contributed by atoms with Crippen LogP contribution in [-0.2, 0) is 14.8 Å². The molecule has 0 saturated heterocycles. The lowest BCUT2D eigenvalue weighted by Gasteiger charge is -2.20. The minimum absolute atomic E-state index is 0.0566. The number of fused-ring (bicyclic) bond motifs is 2. The van der Waals surface area contributed by atoms with Crippen LogP contribution < -0.4 is 10.0 Å². The van der Waals surface area contributed by atoms with Gasteiger partial charge < -0.3 is 5.32 Å². The molecule has 4 rings (SSSR count). The maximum absolute atomic E-state index is 12.4. The molecule has 2 fully saturated rings. The maximum atomic E-state index is 12.4. The molecule has 2 saturated carbocycles. The number of sulfonamides is 1. The Morgan fingerprint density at radius 2 is 2.00 bits per heavy atom. The highest BCUT2D eigenvalue weighted by atomic mass is 32.2. The molecular weight excluding hydrogens is 382 g/mol. The molecule has 8 heteroatoms. The first-order valence-electron chi connectivity index (χ1n) is 9.19. The van der Waals surface area contributed by atoms with Gasteiger partial charge in [-0.2, -0.15) is 0 Å². The molecule has 1 heterocycles. The van der Waals surface area contributed by atoms with E-state index in [1.807, 2.05) is 17.5 Å². The van der Waals surface area contributed by atoms with E-state index in [1.165, 1.54) is 37.0 Å². The van der Waals surface area contributed by atoms with Crippen LogP contribution in [0.5, 0.6) is 0 Å². The normalized spacial score (nSPS) is 24.1.